The summed E-state index contributed by atoms with van der Waals surface area (Å²) in [5, 5.41) is 14.0. The van der Waals surface area contributed by atoms with E-state index in [1.54, 1.807) is 36.4 Å². The molecule has 150 valence electrons. The van der Waals surface area contributed by atoms with Crippen LogP contribution in [-0.4, -0.2) is 31.3 Å². The van der Waals surface area contributed by atoms with Crippen LogP contribution in [0.4, 0.5) is 0 Å². The number of methoxy groups -OCH3 is 1. The summed E-state index contributed by atoms with van der Waals surface area (Å²) in [6.07, 6.45) is 1.61. The molecule has 0 aromatic heterocycles. The molecule has 0 radical (unpaired) electrons. The van der Waals surface area contributed by atoms with Gasteiger partial charge in [0.1, 0.15) is 11.5 Å². The molecule has 0 aliphatic heterocycles. The van der Waals surface area contributed by atoms with Crippen LogP contribution in [0, 0.1) is 0 Å². The molecule has 1 N–H and O–H groups in total. The lowest BCUT2D eigenvalue weighted by Gasteiger charge is -2.21. The minimum atomic E-state index is -1.25. The molecule has 0 saturated carbocycles. The smallest absolute Gasteiger partial charge is 0.255 e. The zero-order valence-electron chi connectivity index (χ0n) is 16.4. The van der Waals surface area contributed by atoms with E-state index >= 15 is 0 Å². The van der Waals surface area contributed by atoms with E-state index in [1.165, 1.54) is 18.9 Å². The molecule has 2 aromatic carbocycles. The maximum Gasteiger partial charge on any atom is 0.255 e. The van der Waals surface area contributed by atoms with Gasteiger partial charge in [-0.25, -0.2) is 0 Å². The molecule has 0 saturated heterocycles. The van der Waals surface area contributed by atoms with Gasteiger partial charge in [-0.1, -0.05) is 12.1 Å². The van der Waals surface area contributed by atoms with Crippen LogP contribution in [0.25, 0.3) is 0 Å². The third-order valence-electron chi connectivity index (χ3n) is 3.98. The van der Waals surface area contributed by atoms with E-state index in [0.29, 0.717) is 22.6 Å². The predicted molar refractivity (Wildman–Crippen MR) is 107 cm³/mol. The van der Waals surface area contributed by atoms with Crippen LogP contribution in [0.3, 0.4) is 0 Å². The Hall–Kier alpha value is -2.67. The Bertz CT molecular complexity index is 820. The summed E-state index contributed by atoms with van der Waals surface area (Å²) < 4.78 is 10.9. The topological polar surface area (TPSA) is 87.7 Å². The Morgan fingerprint density at radius 3 is 2.36 bits per heavy atom. The van der Waals surface area contributed by atoms with Gasteiger partial charge < -0.3 is 24.7 Å². The molecule has 2 rings (SSSR count). The molecule has 1 amide bonds. The summed E-state index contributed by atoms with van der Waals surface area (Å²) >= 11 is 1.53. The molecule has 28 heavy (non-hydrogen) atoms. The van der Waals surface area contributed by atoms with Crippen LogP contribution in [0.2, 0.25) is 0 Å². The fourth-order valence-corrected chi connectivity index (χ4v) is 3.12. The highest BCUT2D eigenvalue weighted by Crippen LogP contribution is 2.27. The van der Waals surface area contributed by atoms with Gasteiger partial charge in [-0.3, -0.25) is 4.79 Å². The van der Waals surface area contributed by atoms with E-state index < -0.39 is 17.9 Å². The summed E-state index contributed by atoms with van der Waals surface area (Å²) in [6.45, 7) is 3.84. The lowest BCUT2D eigenvalue weighted by atomic mass is 10.0. The highest BCUT2D eigenvalue weighted by Gasteiger charge is 2.19. The lowest BCUT2D eigenvalue weighted by Crippen LogP contribution is -2.34. The summed E-state index contributed by atoms with van der Waals surface area (Å²) in [7, 11) is 1.49. The van der Waals surface area contributed by atoms with Crippen molar-refractivity contribution in [3.8, 4) is 11.5 Å². The van der Waals surface area contributed by atoms with E-state index in [4.69, 9.17) is 9.47 Å². The number of nitrogens with one attached hydrogen (secondary N) is 1. The van der Waals surface area contributed by atoms with Crippen LogP contribution in [0.15, 0.2) is 47.4 Å². The minimum Gasteiger partial charge on any atom is -0.550 e. The van der Waals surface area contributed by atoms with Crippen molar-refractivity contribution in [1.82, 2.24) is 5.32 Å². The summed E-state index contributed by atoms with van der Waals surface area (Å²) in [5.41, 5.74) is 0.983. The van der Waals surface area contributed by atoms with Gasteiger partial charge in [0, 0.05) is 17.3 Å². The molecule has 0 bridgehead atoms. The Morgan fingerprint density at radius 1 is 1.14 bits per heavy atom. The third-order valence-corrected chi connectivity index (χ3v) is 4.71. The van der Waals surface area contributed by atoms with Crippen molar-refractivity contribution in [3.05, 3.63) is 53.6 Å². The highest BCUT2D eigenvalue weighted by atomic mass is 32.2. The van der Waals surface area contributed by atoms with Gasteiger partial charge in [0.15, 0.2) is 0 Å². The Balaban J connectivity index is 2.24. The van der Waals surface area contributed by atoms with Crippen molar-refractivity contribution in [3.63, 3.8) is 0 Å². The third kappa shape index (κ3) is 5.92. The van der Waals surface area contributed by atoms with E-state index in [-0.39, 0.29) is 12.5 Å². The number of hydrogen-bond acceptors (Lipinski definition) is 6. The number of aliphatic carboxylic acids is 1. The molecule has 0 unspecified atom stereocenters. The van der Waals surface area contributed by atoms with Gasteiger partial charge in [0.25, 0.3) is 5.91 Å². The quantitative estimate of drug-likeness (QED) is 0.649. The second kappa shape index (κ2) is 10.0. The Kier molecular flexibility index (Phi) is 7.75. The molecule has 0 heterocycles. The van der Waals surface area contributed by atoms with Gasteiger partial charge in [-0.15, -0.1) is 11.8 Å². The average Bonchev–Trinajstić information content (AvgIpc) is 2.66. The second-order valence-electron chi connectivity index (χ2n) is 6.40. The number of hydrogen-bond donors (Lipinski definition) is 1. The van der Waals surface area contributed by atoms with Crippen LogP contribution in [0.5, 0.6) is 11.5 Å². The van der Waals surface area contributed by atoms with Gasteiger partial charge in [0.2, 0.25) is 0 Å². The highest BCUT2D eigenvalue weighted by molar-refractivity contribution is 7.98. The molecular formula is C21H24NO5S-. The minimum absolute atomic E-state index is 0.0290. The first kappa shape index (κ1) is 21.6. The number of amides is 1. The van der Waals surface area contributed by atoms with Crippen molar-refractivity contribution in [2.45, 2.75) is 37.3 Å². The first-order valence-electron chi connectivity index (χ1n) is 8.83. The Morgan fingerprint density at radius 2 is 1.82 bits per heavy atom. The van der Waals surface area contributed by atoms with Gasteiger partial charge in [-0.05, 0) is 56.0 Å². The number of thioether (sulfide) groups is 1. The van der Waals surface area contributed by atoms with Crippen LogP contribution >= 0.6 is 11.8 Å². The molecule has 1 atom stereocenters. The molecule has 7 heteroatoms. The fourth-order valence-electron chi connectivity index (χ4n) is 2.69. The van der Waals surface area contributed by atoms with Gasteiger partial charge in [-0.2, -0.15) is 0 Å². The average molecular weight is 402 g/mol. The first-order valence-corrected chi connectivity index (χ1v) is 10.1. The van der Waals surface area contributed by atoms with Crippen molar-refractivity contribution >= 4 is 23.6 Å². The summed E-state index contributed by atoms with van der Waals surface area (Å²) in [6, 6.07) is 11.5. The zero-order valence-corrected chi connectivity index (χ0v) is 17.2. The maximum atomic E-state index is 12.8. The van der Waals surface area contributed by atoms with Crippen molar-refractivity contribution in [2.24, 2.45) is 0 Å². The van der Waals surface area contributed by atoms with Crippen LogP contribution in [-0.2, 0) is 4.79 Å². The SMILES string of the molecule is COc1cc(SC)ccc1C(=O)N[C@@H](CC(=O)[O-])c1ccc(OC(C)C)cc1. The number of ether oxygens (including phenoxy) is 2. The largest absolute Gasteiger partial charge is 0.550 e. The van der Waals surface area contributed by atoms with E-state index in [0.717, 1.165) is 4.90 Å². The van der Waals surface area contributed by atoms with E-state index in [9.17, 15) is 14.7 Å². The maximum absolute atomic E-state index is 12.8. The molecule has 2 aromatic rings. The number of carbonyl (C=O) groups excluding carboxylic acids is 2. The van der Waals surface area contributed by atoms with E-state index in [1.807, 2.05) is 26.2 Å². The number of rotatable bonds is 9. The summed E-state index contributed by atoms with van der Waals surface area (Å²) in [5.74, 6) is -0.570. The number of benzene rings is 2. The lowest BCUT2D eigenvalue weighted by molar-refractivity contribution is -0.306. The molecule has 0 aliphatic carbocycles. The van der Waals surface area contributed by atoms with Crippen molar-refractivity contribution in [2.75, 3.05) is 13.4 Å². The fraction of sp³-hybridized carbons (Fsp3) is 0.333. The number of carbonyl (C=O) groups is 2. The van der Waals surface area contributed by atoms with E-state index in [2.05, 4.69) is 5.32 Å². The normalized spacial score (nSPS) is 11.8. The second-order valence-corrected chi connectivity index (χ2v) is 7.28. The standard InChI is InChI=1S/C21H25NO5S/c1-13(2)27-15-7-5-14(6-8-15)18(12-20(23)24)22-21(25)17-10-9-16(28-4)11-19(17)26-3/h5-11,13,18H,12H2,1-4H3,(H,22,25)(H,23,24)/p-1/t18-/m0/s1. The summed E-state index contributed by atoms with van der Waals surface area (Å²) in [4.78, 5) is 24.9. The van der Waals surface area contributed by atoms with Crippen molar-refractivity contribution in [1.29, 1.82) is 0 Å². The van der Waals surface area contributed by atoms with Crippen molar-refractivity contribution < 1.29 is 24.2 Å². The van der Waals surface area contributed by atoms with Gasteiger partial charge in [0.05, 0.1) is 24.8 Å². The van der Waals surface area contributed by atoms with Gasteiger partial charge >= 0.3 is 0 Å². The zero-order chi connectivity index (χ0) is 20.7. The predicted octanol–water partition coefficient (Wildman–Crippen LogP) is 2.82. The number of carboxylic acids is 1. The van der Waals surface area contributed by atoms with Crippen LogP contribution in [0.1, 0.15) is 42.2 Å². The Labute approximate surface area is 169 Å². The number of carboxylic acid groups (broad SMARTS) is 1. The van der Waals surface area contributed by atoms with Crippen LogP contribution < -0.4 is 19.9 Å². The monoisotopic (exact) mass is 402 g/mol. The molecule has 0 fully saturated rings. The first-order chi connectivity index (χ1) is 13.3. The molecular weight excluding hydrogens is 378 g/mol. The molecule has 0 aliphatic rings. The molecule has 6 nitrogen and oxygen atoms in total. The molecule has 0 spiro atoms.